The second kappa shape index (κ2) is 6.50. The van der Waals surface area contributed by atoms with Crippen molar-refractivity contribution in [2.24, 2.45) is 0 Å². The molecule has 1 aromatic carbocycles. The van der Waals surface area contributed by atoms with Crippen molar-refractivity contribution in [1.82, 2.24) is 0 Å². The highest BCUT2D eigenvalue weighted by molar-refractivity contribution is 7.99. The van der Waals surface area contributed by atoms with Gasteiger partial charge in [-0.25, -0.2) is 4.79 Å². The van der Waals surface area contributed by atoms with Gasteiger partial charge >= 0.3 is 5.97 Å². The van der Waals surface area contributed by atoms with Crippen LogP contribution < -0.4 is 4.90 Å². The van der Waals surface area contributed by atoms with Crippen LogP contribution in [0.3, 0.4) is 0 Å². The number of nitrogens with zero attached hydrogens (tertiary/aromatic N) is 1. The van der Waals surface area contributed by atoms with Crippen LogP contribution in [-0.4, -0.2) is 35.7 Å². The molecule has 1 aliphatic rings. The lowest BCUT2D eigenvalue weighted by Gasteiger charge is -2.22. The van der Waals surface area contributed by atoms with Crippen LogP contribution in [0.4, 0.5) is 5.69 Å². The van der Waals surface area contributed by atoms with Gasteiger partial charge in [-0.05, 0) is 35.9 Å². The number of carbonyl (C=O) groups is 1. The Kier molecular flexibility index (Phi) is 4.70. The first-order chi connectivity index (χ1) is 8.75. The summed E-state index contributed by atoms with van der Waals surface area (Å²) in [5.74, 6) is 1.51. The molecule has 1 heterocycles. The number of carboxylic acid groups (broad SMARTS) is 1. The van der Waals surface area contributed by atoms with Crippen LogP contribution in [0.2, 0.25) is 0 Å². The fourth-order valence-corrected chi connectivity index (χ4v) is 2.85. The van der Waals surface area contributed by atoms with E-state index in [0.29, 0.717) is 0 Å². The third-order valence-electron chi connectivity index (χ3n) is 2.90. The summed E-state index contributed by atoms with van der Waals surface area (Å²) in [5, 5.41) is 8.57. The minimum absolute atomic E-state index is 0.913. The Morgan fingerprint density at radius 3 is 2.72 bits per heavy atom. The van der Waals surface area contributed by atoms with Crippen LogP contribution in [0.25, 0.3) is 6.08 Å². The fraction of sp³-hybridized carbons (Fsp3) is 0.357. The molecule has 0 amide bonds. The Labute approximate surface area is 111 Å². The Bertz CT molecular complexity index is 420. The average molecular weight is 263 g/mol. The molecule has 0 aliphatic carbocycles. The molecule has 1 aromatic rings. The molecule has 4 heteroatoms. The number of hydrogen-bond acceptors (Lipinski definition) is 3. The number of hydrogen-bond donors (Lipinski definition) is 1. The predicted octanol–water partition coefficient (Wildman–Crippen LogP) is 2.73. The van der Waals surface area contributed by atoms with Crippen LogP contribution in [-0.2, 0) is 4.79 Å². The number of carboxylic acids is 1. The molecule has 1 fully saturated rings. The largest absolute Gasteiger partial charge is 0.478 e. The molecular weight excluding hydrogens is 246 g/mol. The van der Waals surface area contributed by atoms with Crippen LogP contribution >= 0.6 is 11.8 Å². The Balaban J connectivity index is 2.04. The lowest BCUT2D eigenvalue weighted by atomic mass is 10.2. The minimum Gasteiger partial charge on any atom is -0.478 e. The lowest BCUT2D eigenvalue weighted by molar-refractivity contribution is -0.131. The molecule has 1 saturated heterocycles. The summed E-state index contributed by atoms with van der Waals surface area (Å²) in [6.45, 7) is 2.20. The number of anilines is 1. The summed E-state index contributed by atoms with van der Waals surface area (Å²) < 4.78 is 0. The molecule has 0 unspecified atom stereocenters. The van der Waals surface area contributed by atoms with Crippen molar-refractivity contribution >= 4 is 29.5 Å². The maximum atomic E-state index is 10.4. The normalized spacial score (nSPS) is 16.8. The third-order valence-corrected chi connectivity index (χ3v) is 3.95. The zero-order chi connectivity index (χ0) is 12.8. The quantitative estimate of drug-likeness (QED) is 0.851. The van der Waals surface area contributed by atoms with Crippen LogP contribution in [0.15, 0.2) is 30.3 Å². The Morgan fingerprint density at radius 1 is 1.22 bits per heavy atom. The summed E-state index contributed by atoms with van der Waals surface area (Å²) in [6, 6.07) is 8.06. The number of thioether (sulfide) groups is 1. The van der Waals surface area contributed by atoms with Gasteiger partial charge in [0.25, 0.3) is 0 Å². The zero-order valence-corrected chi connectivity index (χ0v) is 11.0. The standard InChI is InChI=1S/C14H17NO2S/c16-14(17)7-4-12-2-5-13(6-3-12)15-8-1-10-18-11-9-15/h2-7H,1,8-11H2,(H,16,17)/b7-4+. The van der Waals surface area contributed by atoms with Gasteiger partial charge in [-0.1, -0.05) is 12.1 Å². The summed E-state index contributed by atoms with van der Waals surface area (Å²) in [4.78, 5) is 12.8. The van der Waals surface area contributed by atoms with E-state index in [9.17, 15) is 4.79 Å². The second-order valence-electron chi connectivity index (χ2n) is 4.22. The first kappa shape index (κ1) is 13.0. The highest BCUT2D eigenvalue weighted by Gasteiger charge is 2.09. The number of aliphatic carboxylic acids is 1. The van der Waals surface area contributed by atoms with E-state index in [1.165, 1.54) is 23.6 Å². The van der Waals surface area contributed by atoms with Crippen molar-refractivity contribution < 1.29 is 9.90 Å². The maximum Gasteiger partial charge on any atom is 0.328 e. The van der Waals surface area contributed by atoms with Gasteiger partial charge in [-0.2, -0.15) is 11.8 Å². The highest BCUT2D eigenvalue weighted by atomic mass is 32.2. The first-order valence-corrected chi connectivity index (χ1v) is 7.25. The van der Waals surface area contributed by atoms with Crippen LogP contribution in [0.5, 0.6) is 0 Å². The summed E-state index contributed by atoms with van der Waals surface area (Å²) in [5.41, 5.74) is 2.15. The van der Waals surface area contributed by atoms with Gasteiger partial charge in [0.05, 0.1) is 0 Å². The van der Waals surface area contributed by atoms with E-state index in [1.54, 1.807) is 6.08 Å². The molecule has 96 valence electrons. The van der Waals surface area contributed by atoms with Crippen molar-refractivity contribution in [3.05, 3.63) is 35.9 Å². The molecule has 0 bridgehead atoms. The van der Waals surface area contributed by atoms with Crippen molar-refractivity contribution in [3.8, 4) is 0 Å². The highest BCUT2D eigenvalue weighted by Crippen LogP contribution is 2.20. The van der Waals surface area contributed by atoms with Gasteiger partial charge in [0.15, 0.2) is 0 Å². The Hall–Kier alpha value is -1.42. The van der Waals surface area contributed by atoms with Crippen molar-refractivity contribution in [2.45, 2.75) is 6.42 Å². The number of rotatable bonds is 3. The molecule has 1 aliphatic heterocycles. The van der Waals surface area contributed by atoms with E-state index < -0.39 is 5.97 Å². The van der Waals surface area contributed by atoms with Gasteiger partial charge in [-0.3, -0.25) is 0 Å². The van der Waals surface area contributed by atoms with E-state index in [0.717, 1.165) is 24.7 Å². The van der Waals surface area contributed by atoms with E-state index in [1.807, 2.05) is 23.9 Å². The zero-order valence-electron chi connectivity index (χ0n) is 10.2. The second-order valence-corrected chi connectivity index (χ2v) is 5.44. The summed E-state index contributed by atoms with van der Waals surface area (Å²) in [7, 11) is 0. The van der Waals surface area contributed by atoms with E-state index in [4.69, 9.17) is 5.11 Å². The fourth-order valence-electron chi connectivity index (χ4n) is 1.97. The SMILES string of the molecule is O=C(O)/C=C/c1ccc(N2CCCSCC2)cc1. The maximum absolute atomic E-state index is 10.4. The molecule has 3 nitrogen and oxygen atoms in total. The molecule has 2 rings (SSSR count). The van der Waals surface area contributed by atoms with Gasteiger partial charge < -0.3 is 10.0 Å². The summed E-state index contributed by atoms with van der Waals surface area (Å²) >= 11 is 2.01. The topological polar surface area (TPSA) is 40.5 Å². The monoisotopic (exact) mass is 263 g/mol. The average Bonchev–Trinajstić information content (AvgIpc) is 2.66. The van der Waals surface area contributed by atoms with Gasteiger partial charge in [0.2, 0.25) is 0 Å². The predicted molar refractivity (Wildman–Crippen MR) is 77.3 cm³/mol. The third kappa shape index (κ3) is 3.81. The molecule has 1 N–H and O–H groups in total. The summed E-state index contributed by atoms with van der Waals surface area (Å²) in [6.07, 6.45) is 4.01. The molecule has 0 atom stereocenters. The lowest BCUT2D eigenvalue weighted by Crippen LogP contribution is -2.25. The molecule has 0 saturated carbocycles. The van der Waals surface area contributed by atoms with E-state index in [-0.39, 0.29) is 0 Å². The van der Waals surface area contributed by atoms with Gasteiger partial charge in [0.1, 0.15) is 0 Å². The van der Waals surface area contributed by atoms with Crippen molar-refractivity contribution in [3.63, 3.8) is 0 Å². The van der Waals surface area contributed by atoms with E-state index >= 15 is 0 Å². The van der Waals surface area contributed by atoms with E-state index in [2.05, 4.69) is 17.0 Å². The molecule has 0 spiro atoms. The van der Waals surface area contributed by atoms with Gasteiger partial charge in [-0.15, -0.1) is 0 Å². The van der Waals surface area contributed by atoms with Crippen molar-refractivity contribution in [1.29, 1.82) is 0 Å². The number of benzene rings is 1. The van der Waals surface area contributed by atoms with Crippen molar-refractivity contribution in [2.75, 3.05) is 29.5 Å². The molecular formula is C14H17NO2S. The molecule has 18 heavy (non-hydrogen) atoms. The Morgan fingerprint density at radius 2 is 2.00 bits per heavy atom. The molecule has 0 aromatic heterocycles. The molecule has 0 radical (unpaired) electrons. The van der Waals surface area contributed by atoms with Crippen LogP contribution in [0, 0.1) is 0 Å². The smallest absolute Gasteiger partial charge is 0.328 e. The first-order valence-electron chi connectivity index (χ1n) is 6.09. The van der Waals surface area contributed by atoms with Gasteiger partial charge in [0, 0.05) is 30.6 Å². The van der Waals surface area contributed by atoms with Crippen LogP contribution in [0.1, 0.15) is 12.0 Å². The minimum atomic E-state index is -0.913.